The van der Waals surface area contributed by atoms with E-state index < -0.39 is 10.0 Å². The van der Waals surface area contributed by atoms with E-state index in [4.69, 9.17) is 0 Å². The van der Waals surface area contributed by atoms with Crippen LogP contribution in [0, 0.1) is 5.92 Å². The van der Waals surface area contributed by atoms with Crippen molar-refractivity contribution >= 4 is 27.0 Å². The minimum absolute atomic E-state index is 0.0945. The largest absolute Gasteiger partial charge is 0.353 e. The number of nitrogens with one attached hydrogen (secondary N) is 1. The minimum Gasteiger partial charge on any atom is -0.353 e. The molecule has 1 aliphatic heterocycles. The van der Waals surface area contributed by atoms with Crippen LogP contribution >= 0.6 is 0 Å². The summed E-state index contributed by atoms with van der Waals surface area (Å²) in [5, 5.41) is 11.6. The number of hydrogen-bond donors (Lipinski definition) is 1. The van der Waals surface area contributed by atoms with Crippen molar-refractivity contribution in [2.45, 2.75) is 88.6 Å². The summed E-state index contributed by atoms with van der Waals surface area (Å²) in [4.78, 5) is 13.0. The molecule has 1 amide bonds. The van der Waals surface area contributed by atoms with Crippen molar-refractivity contribution in [1.29, 1.82) is 0 Å². The highest BCUT2D eigenvalue weighted by Crippen LogP contribution is 2.27. The summed E-state index contributed by atoms with van der Waals surface area (Å²) in [6.45, 7) is 4.87. The van der Waals surface area contributed by atoms with E-state index in [1.54, 1.807) is 18.2 Å². The van der Waals surface area contributed by atoms with E-state index in [2.05, 4.69) is 29.5 Å². The maximum atomic E-state index is 13.2. The summed E-state index contributed by atoms with van der Waals surface area (Å²) in [6.07, 6.45) is 9.02. The Morgan fingerprint density at radius 3 is 2.47 bits per heavy atom. The molecule has 9 heteroatoms. The second-order valence-corrected chi connectivity index (χ2v) is 11.3. The monoisotopic (exact) mass is 461 g/mol. The lowest BCUT2D eigenvalue weighted by molar-refractivity contribution is -0.126. The van der Waals surface area contributed by atoms with E-state index in [0.29, 0.717) is 31.4 Å². The molecule has 1 aromatic heterocycles. The number of fused-ring (bicyclic) bond motifs is 1. The summed E-state index contributed by atoms with van der Waals surface area (Å²) >= 11 is 0. The zero-order valence-corrected chi connectivity index (χ0v) is 20.0. The lowest BCUT2D eigenvalue weighted by Crippen LogP contribution is -2.45. The van der Waals surface area contributed by atoms with Gasteiger partial charge >= 0.3 is 0 Å². The molecule has 0 radical (unpaired) electrons. The molecule has 1 saturated carbocycles. The highest BCUT2D eigenvalue weighted by Gasteiger charge is 2.33. The van der Waals surface area contributed by atoms with Crippen LogP contribution in [-0.2, 0) is 14.8 Å². The van der Waals surface area contributed by atoms with Crippen LogP contribution in [0.4, 0.5) is 0 Å². The van der Waals surface area contributed by atoms with Gasteiger partial charge in [0.25, 0.3) is 0 Å². The van der Waals surface area contributed by atoms with Gasteiger partial charge in [0.2, 0.25) is 15.9 Å². The summed E-state index contributed by atoms with van der Waals surface area (Å²) in [5.74, 6) is -0.0142. The number of amides is 1. The van der Waals surface area contributed by atoms with E-state index in [1.807, 2.05) is 4.68 Å². The van der Waals surface area contributed by atoms with Gasteiger partial charge in [-0.1, -0.05) is 37.8 Å². The van der Waals surface area contributed by atoms with Crippen molar-refractivity contribution in [3.8, 4) is 0 Å². The first-order valence-corrected chi connectivity index (χ1v) is 13.5. The number of piperidine rings is 1. The summed E-state index contributed by atoms with van der Waals surface area (Å²) in [5.41, 5.74) is 1.43. The Bertz CT molecular complexity index is 1040. The van der Waals surface area contributed by atoms with Gasteiger partial charge in [-0.05, 0) is 57.2 Å². The second-order valence-electron chi connectivity index (χ2n) is 9.32. The Morgan fingerprint density at radius 2 is 1.81 bits per heavy atom. The number of carbonyl (C=O) groups excluding carboxylic acids is 1. The number of nitrogens with zero attached hydrogens (tertiary/aromatic N) is 4. The van der Waals surface area contributed by atoms with Gasteiger partial charge in [0.15, 0.2) is 0 Å². The Hall–Kier alpha value is -2.00. The molecule has 2 heterocycles. The molecule has 0 bridgehead atoms. The van der Waals surface area contributed by atoms with E-state index in [0.717, 1.165) is 24.8 Å². The first-order chi connectivity index (χ1) is 15.4. The average Bonchev–Trinajstić information content (AvgIpc) is 3.07. The predicted octanol–water partition coefficient (Wildman–Crippen LogP) is 3.64. The van der Waals surface area contributed by atoms with Crippen molar-refractivity contribution in [2.24, 2.45) is 5.92 Å². The van der Waals surface area contributed by atoms with Crippen LogP contribution in [0.15, 0.2) is 23.1 Å². The van der Waals surface area contributed by atoms with Crippen molar-refractivity contribution in [1.82, 2.24) is 24.6 Å². The molecule has 2 fully saturated rings. The molecule has 32 heavy (non-hydrogen) atoms. The van der Waals surface area contributed by atoms with Crippen LogP contribution in [0.5, 0.6) is 0 Å². The topological polar surface area (TPSA) is 97.2 Å². The number of aromatic nitrogens is 3. The number of hydrogen-bond acceptors (Lipinski definition) is 5. The van der Waals surface area contributed by atoms with Gasteiger partial charge in [-0.15, -0.1) is 5.10 Å². The number of benzene rings is 1. The highest BCUT2D eigenvalue weighted by atomic mass is 32.2. The smallest absolute Gasteiger partial charge is 0.243 e. The van der Waals surface area contributed by atoms with E-state index in [-0.39, 0.29) is 28.8 Å². The quantitative estimate of drug-likeness (QED) is 0.663. The molecule has 1 aromatic carbocycles. The van der Waals surface area contributed by atoms with Crippen LogP contribution < -0.4 is 5.32 Å². The van der Waals surface area contributed by atoms with Gasteiger partial charge in [-0.2, -0.15) is 4.31 Å². The van der Waals surface area contributed by atoms with Crippen LogP contribution in [0.25, 0.3) is 11.0 Å². The van der Waals surface area contributed by atoms with E-state index in [9.17, 15) is 13.2 Å². The molecule has 8 nitrogen and oxygen atoms in total. The van der Waals surface area contributed by atoms with Crippen molar-refractivity contribution in [2.75, 3.05) is 13.1 Å². The van der Waals surface area contributed by atoms with Crippen LogP contribution in [0.3, 0.4) is 0 Å². The maximum Gasteiger partial charge on any atom is 0.243 e. The van der Waals surface area contributed by atoms with Gasteiger partial charge in [0.1, 0.15) is 5.52 Å². The molecule has 4 rings (SSSR count). The van der Waals surface area contributed by atoms with Crippen LogP contribution in [0.2, 0.25) is 0 Å². The molecule has 176 valence electrons. The fourth-order valence-electron chi connectivity index (χ4n) is 4.83. The third kappa shape index (κ3) is 4.83. The molecule has 2 aliphatic rings. The van der Waals surface area contributed by atoms with Gasteiger partial charge in [-0.25, -0.2) is 13.1 Å². The molecular formula is C23H35N5O3S. The Morgan fingerprint density at radius 1 is 1.12 bits per heavy atom. The van der Waals surface area contributed by atoms with Crippen LogP contribution in [-0.4, -0.2) is 52.8 Å². The average molecular weight is 462 g/mol. The fraction of sp³-hybridized carbons (Fsp3) is 0.696. The Kier molecular flexibility index (Phi) is 7.14. The summed E-state index contributed by atoms with van der Waals surface area (Å²) < 4.78 is 29.8. The van der Waals surface area contributed by atoms with Crippen molar-refractivity contribution in [3.05, 3.63) is 18.2 Å². The van der Waals surface area contributed by atoms with Gasteiger partial charge in [-0.3, -0.25) is 4.79 Å². The Labute approximate surface area is 190 Å². The predicted molar refractivity (Wildman–Crippen MR) is 124 cm³/mol. The molecular weight excluding hydrogens is 426 g/mol. The highest BCUT2D eigenvalue weighted by molar-refractivity contribution is 7.89. The molecule has 1 unspecified atom stereocenters. The SMILES string of the molecule is CCC(C)n1nnc2cc(S(=O)(=O)N3CCC(C(=O)NC4CCCCCC4)CC3)ccc21. The van der Waals surface area contributed by atoms with Crippen LogP contribution in [0.1, 0.15) is 77.7 Å². The molecule has 1 atom stereocenters. The Balaban J connectivity index is 1.39. The summed E-state index contributed by atoms with van der Waals surface area (Å²) in [7, 11) is -3.63. The van der Waals surface area contributed by atoms with Crippen molar-refractivity contribution in [3.63, 3.8) is 0 Å². The third-order valence-electron chi connectivity index (χ3n) is 7.11. The van der Waals surface area contributed by atoms with Gasteiger partial charge in [0, 0.05) is 25.0 Å². The summed E-state index contributed by atoms with van der Waals surface area (Å²) in [6, 6.07) is 5.53. The number of carbonyl (C=O) groups is 1. The normalized spacial score (nSPS) is 20.8. The fourth-order valence-corrected chi connectivity index (χ4v) is 6.32. The first-order valence-electron chi connectivity index (χ1n) is 12.1. The van der Waals surface area contributed by atoms with Crippen molar-refractivity contribution < 1.29 is 13.2 Å². The molecule has 0 spiro atoms. The zero-order valence-electron chi connectivity index (χ0n) is 19.2. The molecule has 1 aliphatic carbocycles. The first kappa shape index (κ1) is 23.2. The lowest BCUT2D eigenvalue weighted by atomic mass is 9.96. The zero-order chi connectivity index (χ0) is 22.7. The molecule has 1 saturated heterocycles. The molecule has 1 N–H and O–H groups in total. The number of rotatable bonds is 6. The van der Waals surface area contributed by atoms with Gasteiger partial charge < -0.3 is 5.32 Å². The third-order valence-corrected chi connectivity index (χ3v) is 9.01. The van der Waals surface area contributed by atoms with Gasteiger partial charge in [0.05, 0.1) is 16.5 Å². The molecule has 2 aromatic rings. The standard InChI is InChI=1S/C23H35N5O3S/c1-3-17(2)28-22-11-10-20(16-21(22)25-26-28)32(30,31)27-14-12-18(13-15-27)23(29)24-19-8-6-4-5-7-9-19/h10-11,16-19H,3-9,12-15H2,1-2H3,(H,24,29). The number of sulfonamides is 1. The minimum atomic E-state index is -3.63. The maximum absolute atomic E-state index is 13.2. The van der Waals surface area contributed by atoms with E-state index >= 15 is 0 Å². The second kappa shape index (κ2) is 9.87. The lowest BCUT2D eigenvalue weighted by Gasteiger charge is -2.31. The van der Waals surface area contributed by atoms with E-state index in [1.165, 1.54) is 30.0 Å².